The Morgan fingerprint density at radius 1 is 1.26 bits per heavy atom. The number of benzene rings is 1. The number of methoxy groups -OCH3 is 1. The Kier molecular flexibility index (Phi) is 7.17. The van der Waals surface area contributed by atoms with Crippen molar-refractivity contribution < 1.29 is 14.3 Å². The summed E-state index contributed by atoms with van der Waals surface area (Å²) in [6, 6.07) is 7.95. The number of aromatic nitrogens is 3. The molecule has 1 saturated heterocycles. The molecule has 0 spiro atoms. The average Bonchev–Trinajstić information content (AvgIpc) is 3.55. The van der Waals surface area contributed by atoms with Crippen LogP contribution in [0.3, 0.4) is 0 Å². The lowest BCUT2D eigenvalue weighted by molar-refractivity contribution is -0.126. The number of ether oxygens (including phenoxy) is 2. The summed E-state index contributed by atoms with van der Waals surface area (Å²) in [5.74, 6) is 2.73. The predicted molar refractivity (Wildman–Crippen MR) is 121 cm³/mol. The molecule has 7 nitrogen and oxygen atoms in total. The lowest BCUT2D eigenvalue weighted by Gasteiger charge is -2.28. The Hall–Kier alpha value is -2.06. The number of thioether (sulfide) groups is 1. The molecule has 1 atom stereocenters. The number of rotatable bonds is 9. The maximum atomic E-state index is 13.2. The van der Waals surface area contributed by atoms with Crippen molar-refractivity contribution in [3.63, 3.8) is 0 Å². The summed E-state index contributed by atoms with van der Waals surface area (Å²) in [5.41, 5.74) is 0.642. The van der Waals surface area contributed by atoms with Gasteiger partial charge < -0.3 is 19.4 Å². The third-order valence-corrected chi connectivity index (χ3v) is 7.67. The van der Waals surface area contributed by atoms with Crippen molar-refractivity contribution in [2.24, 2.45) is 7.05 Å². The highest BCUT2D eigenvalue weighted by Gasteiger charge is 2.42. The van der Waals surface area contributed by atoms with Gasteiger partial charge in [0.25, 0.3) is 0 Å². The molecule has 1 aliphatic carbocycles. The molecular formula is C23H32N4O3S. The summed E-state index contributed by atoms with van der Waals surface area (Å²) in [6.45, 7) is 1.42. The minimum absolute atomic E-state index is 0.116. The summed E-state index contributed by atoms with van der Waals surface area (Å²) in [6.07, 6.45) is 7.19. The van der Waals surface area contributed by atoms with E-state index in [1.54, 1.807) is 18.9 Å². The predicted octanol–water partition coefficient (Wildman–Crippen LogP) is 3.27. The van der Waals surface area contributed by atoms with Crippen LogP contribution in [-0.4, -0.2) is 52.8 Å². The van der Waals surface area contributed by atoms with Crippen LogP contribution < -0.4 is 10.1 Å². The van der Waals surface area contributed by atoms with E-state index < -0.39 is 5.41 Å². The molecule has 2 fully saturated rings. The normalized spacial score (nSPS) is 20.1. The van der Waals surface area contributed by atoms with E-state index in [-0.39, 0.29) is 5.91 Å². The Morgan fingerprint density at radius 3 is 2.71 bits per heavy atom. The van der Waals surface area contributed by atoms with Crippen molar-refractivity contribution in [3.8, 4) is 5.75 Å². The lowest BCUT2D eigenvalue weighted by atomic mass is 9.78. The van der Waals surface area contributed by atoms with E-state index in [2.05, 4.69) is 15.5 Å². The van der Waals surface area contributed by atoms with Crippen molar-refractivity contribution in [1.29, 1.82) is 0 Å². The van der Waals surface area contributed by atoms with Crippen molar-refractivity contribution in [3.05, 3.63) is 35.7 Å². The largest absolute Gasteiger partial charge is 0.497 e. The highest BCUT2D eigenvalue weighted by Crippen LogP contribution is 2.41. The fourth-order valence-electron chi connectivity index (χ4n) is 4.62. The molecule has 8 heteroatoms. The Labute approximate surface area is 188 Å². The smallest absolute Gasteiger partial charge is 0.230 e. The molecule has 0 unspecified atom stereocenters. The van der Waals surface area contributed by atoms with E-state index in [9.17, 15) is 4.79 Å². The maximum absolute atomic E-state index is 13.2. The first kappa shape index (κ1) is 22.1. The zero-order valence-corrected chi connectivity index (χ0v) is 19.2. The zero-order valence-electron chi connectivity index (χ0n) is 18.4. The summed E-state index contributed by atoms with van der Waals surface area (Å²) >= 11 is 1.69. The van der Waals surface area contributed by atoms with Gasteiger partial charge in [-0.25, -0.2) is 0 Å². The van der Waals surface area contributed by atoms with Crippen LogP contribution in [0.4, 0.5) is 0 Å². The number of carbonyl (C=O) groups is 1. The van der Waals surface area contributed by atoms with Crippen LogP contribution in [0.5, 0.6) is 5.75 Å². The van der Waals surface area contributed by atoms with Gasteiger partial charge in [-0.1, -0.05) is 36.7 Å². The SMILES string of the molecule is COc1ccc(C2(C(=O)NCCc3nnc(SC[C@H]4CCCO4)n3C)CCCC2)cc1. The van der Waals surface area contributed by atoms with Crippen molar-refractivity contribution >= 4 is 17.7 Å². The molecule has 1 aromatic carbocycles. The number of nitrogens with one attached hydrogen (secondary N) is 1. The highest BCUT2D eigenvalue weighted by molar-refractivity contribution is 7.99. The van der Waals surface area contributed by atoms with Crippen LogP contribution in [0.2, 0.25) is 0 Å². The molecule has 1 saturated carbocycles. The fraction of sp³-hybridized carbons (Fsp3) is 0.609. The van der Waals surface area contributed by atoms with E-state index >= 15 is 0 Å². The molecule has 4 rings (SSSR count). The van der Waals surface area contributed by atoms with Crippen LogP contribution >= 0.6 is 11.8 Å². The monoisotopic (exact) mass is 444 g/mol. The maximum Gasteiger partial charge on any atom is 0.230 e. The Bertz CT molecular complexity index is 871. The summed E-state index contributed by atoms with van der Waals surface area (Å²) < 4.78 is 13.0. The topological polar surface area (TPSA) is 78.3 Å². The molecule has 1 aromatic heterocycles. The van der Waals surface area contributed by atoms with Crippen LogP contribution in [0, 0.1) is 0 Å². The molecule has 2 aromatic rings. The van der Waals surface area contributed by atoms with Gasteiger partial charge in [-0.3, -0.25) is 4.79 Å². The molecular weight excluding hydrogens is 412 g/mol. The number of carbonyl (C=O) groups excluding carboxylic acids is 1. The summed E-state index contributed by atoms with van der Waals surface area (Å²) in [7, 11) is 3.65. The van der Waals surface area contributed by atoms with E-state index in [1.165, 1.54) is 0 Å². The fourth-order valence-corrected chi connectivity index (χ4v) is 5.62. The number of hydrogen-bond acceptors (Lipinski definition) is 6. The number of hydrogen-bond donors (Lipinski definition) is 1. The number of nitrogens with zero attached hydrogens (tertiary/aromatic N) is 3. The van der Waals surface area contributed by atoms with Gasteiger partial charge >= 0.3 is 0 Å². The highest BCUT2D eigenvalue weighted by atomic mass is 32.2. The second-order valence-electron chi connectivity index (χ2n) is 8.43. The summed E-state index contributed by atoms with van der Waals surface area (Å²) in [4.78, 5) is 13.2. The molecule has 168 valence electrons. The van der Waals surface area contributed by atoms with Crippen molar-refractivity contribution in [2.75, 3.05) is 26.0 Å². The summed E-state index contributed by atoms with van der Waals surface area (Å²) in [5, 5.41) is 12.7. The van der Waals surface area contributed by atoms with Crippen LogP contribution in [0.15, 0.2) is 29.4 Å². The first-order valence-corrected chi connectivity index (χ1v) is 12.2. The van der Waals surface area contributed by atoms with Gasteiger partial charge in [0.15, 0.2) is 5.16 Å². The molecule has 31 heavy (non-hydrogen) atoms. The van der Waals surface area contributed by atoms with Gasteiger partial charge in [0, 0.05) is 32.4 Å². The van der Waals surface area contributed by atoms with Gasteiger partial charge in [0.05, 0.1) is 18.6 Å². The molecule has 0 bridgehead atoms. The second-order valence-corrected chi connectivity index (χ2v) is 9.41. The first-order chi connectivity index (χ1) is 15.1. The Balaban J connectivity index is 1.33. The molecule has 2 heterocycles. The second kappa shape index (κ2) is 10.0. The molecule has 0 radical (unpaired) electrons. The van der Waals surface area contributed by atoms with Crippen LogP contribution in [0.1, 0.15) is 49.9 Å². The van der Waals surface area contributed by atoms with E-state index in [4.69, 9.17) is 9.47 Å². The molecule has 1 aliphatic heterocycles. The van der Waals surface area contributed by atoms with Crippen molar-refractivity contribution in [1.82, 2.24) is 20.1 Å². The zero-order chi connectivity index (χ0) is 21.7. The van der Waals surface area contributed by atoms with Gasteiger partial charge in [-0.15, -0.1) is 10.2 Å². The van der Waals surface area contributed by atoms with E-state index in [0.717, 1.165) is 73.2 Å². The van der Waals surface area contributed by atoms with E-state index in [0.29, 0.717) is 19.1 Å². The standard InChI is InChI=1S/C23H32N4O3S/c1-27-20(25-26-22(27)31-16-19-6-5-15-30-19)11-14-24-21(28)23(12-3-4-13-23)17-7-9-18(29-2)10-8-17/h7-10,19H,3-6,11-16H2,1-2H3,(H,24,28)/t19-/m1/s1. The van der Waals surface area contributed by atoms with E-state index in [1.807, 2.05) is 35.9 Å². The number of amides is 1. The molecule has 1 amide bonds. The minimum atomic E-state index is -0.436. The van der Waals surface area contributed by atoms with Crippen molar-refractivity contribution in [2.45, 2.75) is 61.6 Å². The molecule has 2 aliphatic rings. The van der Waals surface area contributed by atoms with Crippen LogP contribution in [0.25, 0.3) is 0 Å². The van der Waals surface area contributed by atoms with Gasteiger partial charge in [0.1, 0.15) is 11.6 Å². The van der Waals surface area contributed by atoms with Crippen LogP contribution in [-0.2, 0) is 28.4 Å². The quantitative estimate of drug-likeness (QED) is 0.598. The van der Waals surface area contributed by atoms with Gasteiger partial charge in [-0.2, -0.15) is 0 Å². The third-order valence-electron chi connectivity index (χ3n) is 6.52. The van der Waals surface area contributed by atoms with Gasteiger partial charge in [-0.05, 0) is 43.4 Å². The van der Waals surface area contributed by atoms with Gasteiger partial charge in [0.2, 0.25) is 5.91 Å². The Morgan fingerprint density at radius 2 is 2.03 bits per heavy atom. The molecule has 1 N–H and O–H groups in total. The minimum Gasteiger partial charge on any atom is -0.497 e. The average molecular weight is 445 g/mol. The lowest BCUT2D eigenvalue weighted by Crippen LogP contribution is -2.43. The first-order valence-electron chi connectivity index (χ1n) is 11.2. The third kappa shape index (κ3) is 4.90.